The minimum Gasteiger partial charge on any atom is -0.456 e. The zero-order chi connectivity index (χ0) is 25.8. The highest BCUT2D eigenvalue weighted by Crippen LogP contribution is 2.42. The minimum atomic E-state index is 0.626. The molecule has 0 aliphatic heterocycles. The molecule has 4 nitrogen and oxygen atoms in total. The molecule has 6 aromatic carbocycles. The number of furan rings is 1. The number of rotatable bonds is 4. The maximum Gasteiger partial charge on any atom is 0.227 e. The second kappa shape index (κ2) is 8.61. The van der Waals surface area contributed by atoms with Gasteiger partial charge in [0, 0.05) is 38.5 Å². The Morgan fingerprint density at radius 1 is 0.487 bits per heavy atom. The number of benzene rings is 6. The van der Waals surface area contributed by atoms with Crippen molar-refractivity contribution >= 4 is 60.9 Å². The fourth-order valence-electron chi connectivity index (χ4n) is 5.48. The van der Waals surface area contributed by atoms with Crippen molar-refractivity contribution in [1.29, 1.82) is 0 Å². The van der Waals surface area contributed by atoms with Gasteiger partial charge in [0.05, 0.1) is 5.69 Å². The van der Waals surface area contributed by atoms with Crippen molar-refractivity contribution in [2.24, 2.45) is 0 Å². The van der Waals surface area contributed by atoms with Crippen molar-refractivity contribution in [1.82, 2.24) is 4.98 Å². The summed E-state index contributed by atoms with van der Waals surface area (Å²) >= 11 is 0. The summed E-state index contributed by atoms with van der Waals surface area (Å²) in [5, 5.41) is 4.31. The van der Waals surface area contributed by atoms with Crippen molar-refractivity contribution in [2.45, 2.75) is 0 Å². The summed E-state index contributed by atoms with van der Waals surface area (Å²) in [5.41, 5.74) is 7.55. The van der Waals surface area contributed by atoms with Gasteiger partial charge in [-0.15, -0.1) is 0 Å². The van der Waals surface area contributed by atoms with Gasteiger partial charge in [-0.2, -0.15) is 0 Å². The number of anilines is 3. The molecule has 0 fully saturated rings. The highest BCUT2D eigenvalue weighted by molar-refractivity contribution is 6.11. The molecule has 0 bridgehead atoms. The predicted molar refractivity (Wildman–Crippen MR) is 159 cm³/mol. The Morgan fingerprint density at radius 2 is 1.23 bits per heavy atom. The van der Waals surface area contributed by atoms with Crippen LogP contribution < -0.4 is 4.90 Å². The van der Waals surface area contributed by atoms with Crippen LogP contribution in [0.5, 0.6) is 0 Å². The molecule has 2 aromatic heterocycles. The molecule has 0 saturated heterocycles. The molecule has 39 heavy (non-hydrogen) atoms. The van der Waals surface area contributed by atoms with Gasteiger partial charge in [0.1, 0.15) is 16.7 Å². The number of aromatic nitrogens is 1. The lowest BCUT2D eigenvalue weighted by Gasteiger charge is -2.26. The molecule has 0 unspecified atom stereocenters. The van der Waals surface area contributed by atoms with Crippen molar-refractivity contribution in [3.8, 4) is 11.5 Å². The summed E-state index contributed by atoms with van der Waals surface area (Å²) < 4.78 is 12.5. The fourth-order valence-corrected chi connectivity index (χ4v) is 5.48. The largest absolute Gasteiger partial charge is 0.456 e. The number of hydrogen-bond acceptors (Lipinski definition) is 4. The topological polar surface area (TPSA) is 42.4 Å². The molecular weight excluding hydrogens is 480 g/mol. The van der Waals surface area contributed by atoms with Crippen LogP contribution in [0.1, 0.15) is 0 Å². The van der Waals surface area contributed by atoms with E-state index in [9.17, 15) is 0 Å². The zero-order valence-corrected chi connectivity index (χ0v) is 20.9. The Labute approximate surface area is 224 Å². The normalized spacial score (nSPS) is 11.6. The molecule has 0 atom stereocenters. The average Bonchev–Trinajstić information content (AvgIpc) is 3.60. The fraction of sp³-hybridized carbons (Fsp3) is 0. The van der Waals surface area contributed by atoms with Gasteiger partial charge < -0.3 is 13.7 Å². The number of oxazole rings is 1. The molecule has 8 aromatic rings. The molecule has 8 rings (SSSR count). The summed E-state index contributed by atoms with van der Waals surface area (Å²) in [6.45, 7) is 0. The summed E-state index contributed by atoms with van der Waals surface area (Å²) in [6, 6.07) is 45.6. The van der Waals surface area contributed by atoms with Gasteiger partial charge in [0.15, 0.2) is 5.58 Å². The van der Waals surface area contributed by atoms with E-state index in [2.05, 4.69) is 83.8 Å². The van der Waals surface area contributed by atoms with Crippen LogP contribution in [0.3, 0.4) is 0 Å². The van der Waals surface area contributed by atoms with Crippen LogP contribution in [-0.2, 0) is 0 Å². The number of nitrogens with zero attached hydrogens (tertiary/aromatic N) is 2. The van der Waals surface area contributed by atoms with Gasteiger partial charge in [-0.3, -0.25) is 0 Å². The highest BCUT2D eigenvalue weighted by Gasteiger charge is 2.19. The van der Waals surface area contributed by atoms with Crippen LogP contribution in [0.2, 0.25) is 0 Å². The van der Waals surface area contributed by atoms with Crippen LogP contribution in [-0.4, -0.2) is 4.98 Å². The van der Waals surface area contributed by atoms with Crippen LogP contribution in [0.4, 0.5) is 17.1 Å². The van der Waals surface area contributed by atoms with Crippen molar-refractivity contribution in [3.05, 3.63) is 133 Å². The van der Waals surface area contributed by atoms with E-state index in [1.807, 2.05) is 54.6 Å². The molecule has 0 saturated carbocycles. The Balaban J connectivity index is 1.36. The maximum absolute atomic E-state index is 6.37. The van der Waals surface area contributed by atoms with Gasteiger partial charge in [-0.1, -0.05) is 66.7 Å². The second-order valence-corrected chi connectivity index (χ2v) is 9.62. The molecule has 0 spiro atoms. The van der Waals surface area contributed by atoms with Crippen molar-refractivity contribution < 1.29 is 8.83 Å². The average molecular weight is 503 g/mol. The molecular formula is C35H22N2O2. The first-order valence-electron chi connectivity index (χ1n) is 13.0. The van der Waals surface area contributed by atoms with Crippen molar-refractivity contribution in [2.75, 3.05) is 4.90 Å². The third-order valence-corrected chi connectivity index (χ3v) is 7.28. The first-order chi connectivity index (χ1) is 19.3. The van der Waals surface area contributed by atoms with Crippen LogP contribution in [0.25, 0.3) is 55.3 Å². The van der Waals surface area contributed by atoms with Crippen LogP contribution >= 0.6 is 0 Å². The summed E-state index contributed by atoms with van der Waals surface area (Å²) in [6.07, 6.45) is 0. The Bertz CT molecular complexity index is 2130. The monoisotopic (exact) mass is 502 g/mol. The van der Waals surface area contributed by atoms with E-state index in [1.165, 1.54) is 0 Å². The zero-order valence-electron chi connectivity index (χ0n) is 20.9. The first-order valence-corrected chi connectivity index (χ1v) is 13.0. The SMILES string of the molecule is c1ccc(-c2nc3ccc4c(N(c5ccccc5)c5ccc6oc7ccccc7c6c5)cccc4c3o2)cc1. The van der Waals surface area contributed by atoms with Crippen LogP contribution in [0.15, 0.2) is 142 Å². The van der Waals surface area contributed by atoms with Gasteiger partial charge >= 0.3 is 0 Å². The summed E-state index contributed by atoms with van der Waals surface area (Å²) in [5.74, 6) is 0.626. The predicted octanol–water partition coefficient (Wildman–Crippen LogP) is 10.0. The molecule has 184 valence electrons. The lowest BCUT2D eigenvalue weighted by molar-refractivity contribution is 0.623. The highest BCUT2D eigenvalue weighted by atomic mass is 16.3. The molecule has 0 N–H and O–H groups in total. The maximum atomic E-state index is 6.37. The lowest BCUT2D eigenvalue weighted by atomic mass is 10.0. The lowest BCUT2D eigenvalue weighted by Crippen LogP contribution is -2.10. The number of para-hydroxylation sites is 2. The van der Waals surface area contributed by atoms with E-state index < -0.39 is 0 Å². The van der Waals surface area contributed by atoms with E-state index in [0.717, 1.165) is 66.4 Å². The Hall–Kier alpha value is -5.35. The van der Waals surface area contributed by atoms with E-state index in [1.54, 1.807) is 0 Å². The molecule has 0 radical (unpaired) electrons. The quantitative estimate of drug-likeness (QED) is 0.240. The Morgan fingerprint density at radius 3 is 2.10 bits per heavy atom. The smallest absolute Gasteiger partial charge is 0.227 e. The van der Waals surface area contributed by atoms with E-state index in [4.69, 9.17) is 13.8 Å². The summed E-state index contributed by atoms with van der Waals surface area (Å²) in [7, 11) is 0. The second-order valence-electron chi connectivity index (χ2n) is 9.62. The first kappa shape index (κ1) is 21.7. The third-order valence-electron chi connectivity index (χ3n) is 7.28. The van der Waals surface area contributed by atoms with Gasteiger partial charge in [-0.25, -0.2) is 4.98 Å². The van der Waals surface area contributed by atoms with E-state index >= 15 is 0 Å². The standard InChI is InChI=1S/C35H22N2O2/c1-3-10-23(11-4-1)35-36-30-20-19-26-28(34(30)39-35)15-9-16-31(26)37(24-12-5-2-6-13-24)25-18-21-33-29(22-25)27-14-7-8-17-32(27)38-33/h1-22H. The Kier molecular flexibility index (Phi) is 4.79. The third kappa shape index (κ3) is 3.50. The molecule has 0 amide bonds. The number of fused-ring (bicyclic) bond motifs is 6. The van der Waals surface area contributed by atoms with E-state index in [0.29, 0.717) is 5.89 Å². The van der Waals surface area contributed by atoms with Gasteiger partial charge in [0.25, 0.3) is 0 Å². The molecule has 0 aliphatic carbocycles. The summed E-state index contributed by atoms with van der Waals surface area (Å²) in [4.78, 5) is 7.09. The minimum absolute atomic E-state index is 0.626. The van der Waals surface area contributed by atoms with Gasteiger partial charge in [0.2, 0.25) is 5.89 Å². The van der Waals surface area contributed by atoms with E-state index in [-0.39, 0.29) is 0 Å². The number of hydrogen-bond donors (Lipinski definition) is 0. The molecule has 2 heterocycles. The molecule has 0 aliphatic rings. The van der Waals surface area contributed by atoms with Crippen LogP contribution in [0, 0.1) is 0 Å². The molecule has 4 heteroatoms. The van der Waals surface area contributed by atoms with Crippen molar-refractivity contribution in [3.63, 3.8) is 0 Å². The van der Waals surface area contributed by atoms with Gasteiger partial charge in [-0.05, 0) is 66.7 Å².